The van der Waals surface area contributed by atoms with Crippen molar-refractivity contribution in [3.63, 3.8) is 0 Å². The molecule has 3 unspecified atom stereocenters. The normalized spacial score (nSPS) is 32.8. The first-order chi connectivity index (χ1) is 10.7. The third-order valence-electron chi connectivity index (χ3n) is 4.71. The predicted molar refractivity (Wildman–Crippen MR) is 57.9 cm³/mol. The highest BCUT2D eigenvalue weighted by atomic mass is 19.4. The predicted octanol–water partition coefficient (Wildman–Crippen LogP) is 4.41. The van der Waals surface area contributed by atoms with Gasteiger partial charge < -0.3 is 9.47 Å². The van der Waals surface area contributed by atoms with Crippen molar-refractivity contribution in [1.29, 1.82) is 0 Å². The van der Waals surface area contributed by atoms with Gasteiger partial charge in [-0.05, 0) is 19.3 Å². The van der Waals surface area contributed by atoms with Crippen LogP contribution in [0.5, 0.6) is 0 Å². The van der Waals surface area contributed by atoms with Gasteiger partial charge in [0.05, 0.1) is 7.11 Å². The Bertz CT molecular complexity index is 513. The number of rotatable bonds is 2. The van der Waals surface area contributed by atoms with E-state index in [-0.39, 0.29) is 0 Å². The quantitative estimate of drug-likeness (QED) is 0.531. The van der Waals surface area contributed by atoms with Crippen LogP contribution in [0.4, 0.5) is 44.3 Å². The van der Waals surface area contributed by atoms with E-state index in [1.807, 2.05) is 0 Å². The van der Waals surface area contributed by atoms with Crippen molar-refractivity contribution in [3.05, 3.63) is 0 Å². The molecule has 24 heavy (non-hydrogen) atoms. The molecule has 0 spiro atoms. The Kier molecular flexibility index (Phi) is 4.01. The molecular formula is C12H11F9O3. The first-order valence-corrected chi connectivity index (χ1v) is 6.64. The Morgan fingerprint density at radius 3 is 1.75 bits per heavy atom. The molecule has 2 saturated carbocycles. The molecule has 3 atom stereocenters. The zero-order chi connectivity index (χ0) is 18.8. The number of hydrogen-bond acceptors (Lipinski definition) is 3. The minimum atomic E-state index is -6.69. The maximum absolute atomic E-state index is 15.1. The summed E-state index contributed by atoms with van der Waals surface area (Å²) in [5.74, 6) is -9.27. The Labute approximate surface area is 129 Å². The minimum Gasteiger partial charge on any atom is -0.438 e. The molecule has 0 aromatic heterocycles. The second-order valence-corrected chi connectivity index (χ2v) is 5.77. The molecule has 0 heterocycles. The fraction of sp³-hybridized carbons (Fsp3) is 0.917. The first-order valence-electron chi connectivity index (χ1n) is 6.64. The van der Waals surface area contributed by atoms with Crippen molar-refractivity contribution in [3.8, 4) is 0 Å². The summed E-state index contributed by atoms with van der Waals surface area (Å²) in [6, 6.07) is 0. The summed E-state index contributed by atoms with van der Waals surface area (Å²) in [6.07, 6.45) is -17.9. The standard InChI is InChI=1S/C12H11F9O3/c1-23-7(22)24-10(11(16,17)18,12(19,20)21)8(13)5-2-3-6(4-5)9(8,14)15/h5-6H,2-4H2,1H3. The molecule has 2 aliphatic rings. The lowest BCUT2D eigenvalue weighted by atomic mass is 9.69. The third-order valence-corrected chi connectivity index (χ3v) is 4.71. The molecule has 3 nitrogen and oxygen atoms in total. The van der Waals surface area contributed by atoms with Crippen molar-refractivity contribution in [2.45, 2.75) is 48.8 Å². The molecule has 2 fully saturated rings. The van der Waals surface area contributed by atoms with Crippen LogP contribution in [0.15, 0.2) is 0 Å². The second-order valence-electron chi connectivity index (χ2n) is 5.77. The smallest absolute Gasteiger partial charge is 0.438 e. The van der Waals surface area contributed by atoms with Gasteiger partial charge in [-0.1, -0.05) is 0 Å². The highest BCUT2D eigenvalue weighted by Gasteiger charge is 2.94. The number of methoxy groups -OCH3 is 1. The molecule has 0 amide bonds. The molecule has 2 aliphatic carbocycles. The van der Waals surface area contributed by atoms with Crippen LogP contribution >= 0.6 is 0 Å². The van der Waals surface area contributed by atoms with Crippen molar-refractivity contribution in [2.24, 2.45) is 11.8 Å². The summed E-state index contributed by atoms with van der Waals surface area (Å²) in [5, 5.41) is 0. The topological polar surface area (TPSA) is 35.5 Å². The van der Waals surface area contributed by atoms with Crippen LogP contribution in [0, 0.1) is 11.8 Å². The van der Waals surface area contributed by atoms with Crippen LogP contribution in [0.1, 0.15) is 19.3 Å². The summed E-state index contributed by atoms with van der Waals surface area (Å²) >= 11 is 0. The van der Waals surface area contributed by atoms with Gasteiger partial charge in [0.2, 0.25) is 5.67 Å². The van der Waals surface area contributed by atoms with Crippen LogP contribution < -0.4 is 0 Å². The van der Waals surface area contributed by atoms with Crippen LogP contribution in [-0.4, -0.2) is 42.8 Å². The molecule has 2 bridgehead atoms. The lowest BCUT2D eigenvalue weighted by Crippen LogP contribution is -2.77. The van der Waals surface area contributed by atoms with E-state index in [0.717, 1.165) is 0 Å². The number of alkyl halides is 9. The molecule has 0 saturated heterocycles. The molecule has 0 radical (unpaired) electrons. The summed E-state index contributed by atoms with van der Waals surface area (Å²) < 4.78 is 130. The Hall–Kier alpha value is -1.36. The van der Waals surface area contributed by atoms with Gasteiger partial charge in [0.25, 0.3) is 5.92 Å². The van der Waals surface area contributed by atoms with E-state index in [9.17, 15) is 39.9 Å². The summed E-state index contributed by atoms with van der Waals surface area (Å²) in [6.45, 7) is 0. The molecule has 0 aromatic rings. The molecule has 0 aromatic carbocycles. The van der Waals surface area contributed by atoms with Gasteiger partial charge in [0, 0.05) is 11.8 Å². The van der Waals surface area contributed by atoms with Gasteiger partial charge in [-0.25, -0.2) is 18.0 Å². The molecule has 0 N–H and O–H groups in total. The van der Waals surface area contributed by atoms with Gasteiger partial charge >= 0.3 is 24.1 Å². The van der Waals surface area contributed by atoms with Crippen molar-refractivity contribution >= 4 is 6.16 Å². The van der Waals surface area contributed by atoms with E-state index in [4.69, 9.17) is 0 Å². The summed E-state index contributed by atoms with van der Waals surface area (Å²) in [5.41, 5.74) is -11.2. The maximum Gasteiger partial charge on any atom is 0.509 e. The number of carbonyl (C=O) groups excluding carboxylic acids is 1. The zero-order valence-corrected chi connectivity index (χ0v) is 11.9. The van der Waals surface area contributed by atoms with Gasteiger partial charge in [-0.3, -0.25) is 0 Å². The van der Waals surface area contributed by atoms with Crippen LogP contribution in [0.25, 0.3) is 0 Å². The van der Waals surface area contributed by atoms with E-state index in [0.29, 0.717) is 7.11 Å². The Morgan fingerprint density at radius 2 is 1.42 bits per heavy atom. The average molecular weight is 374 g/mol. The van der Waals surface area contributed by atoms with Gasteiger partial charge in [-0.2, -0.15) is 26.3 Å². The van der Waals surface area contributed by atoms with Crippen LogP contribution in [0.3, 0.4) is 0 Å². The molecule has 12 heteroatoms. The van der Waals surface area contributed by atoms with Gasteiger partial charge in [0.15, 0.2) is 0 Å². The zero-order valence-electron chi connectivity index (χ0n) is 11.9. The number of ether oxygens (including phenoxy) is 2. The average Bonchev–Trinajstić information content (AvgIpc) is 2.96. The van der Waals surface area contributed by atoms with Crippen molar-refractivity contribution < 1.29 is 53.8 Å². The maximum atomic E-state index is 15.1. The van der Waals surface area contributed by atoms with Crippen LogP contribution in [0.2, 0.25) is 0 Å². The lowest BCUT2D eigenvalue weighted by molar-refractivity contribution is -0.429. The molecule has 0 aliphatic heterocycles. The SMILES string of the molecule is COC(=O)OC(C(F)(F)F)(C(F)(F)F)C1(F)C2CCC(C2)C1(F)F. The Morgan fingerprint density at radius 1 is 0.958 bits per heavy atom. The first kappa shape index (κ1) is 19.0. The van der Waals surface area contributed by atoms with Gasteiger partial charge in [-0.15, -0.1) is 0 Å². The number of hydrogen-bond donors (Lipinski definition) is 0. The number of carbonyl (C=O) groups is 1. The largest absolute Gasteiger partial charge is 0.509 e. The van der Waals surface area contributed by atoms with Crippen molar-refractivity contribution in [2.75, 3.05) is 7.11 Å². The Balaban J connectivity index is 2.77. The van der Waals surface area contributed by atoms with Crippen LogP contribution in [-0.2, 0) is 9.47 Å². The van der Waals surface area contributed by atoms with Gasteiger partial charge in [0.1, 0.15) is 0 Å². The highest BCUT2D eigenvalue weighted by molar-refractivity contribution is 5.61. The lowest BCUT2D eigenvalue weighted by Gasteiger charge is -2.49. The molecule has 140 valence electrons. The summed E-state index contributed by atoms with van der Waals surface area (Å²) in [7, 11) is 0.365. The molecule has 2 rings (SSSR count). The second kappa shape index (κ2) is 5.07. The van der Waals surface area contributed by atoms with E-state index in [1.54, 1.807) is 0 Å². The van der Waals surface area contributed by atoms with E-state index in [1.165, 1.54) is 0 Å². The van der Waals surface area contributed by atoms with E-state index < -0.39 is 66.8 Å². The minimum absolute atomic E-state index is 0.365. The monoisotopic (exact) mass is 374 g/mol. The number of fused-ring (bicyclic) bond motifs is 2. The summed E-state index contributed by atoms with van der Waals surface area (Å²) in [4.78, 5) is 11.0. The number of halogens is 9. The third kappa shape index (κ3) is 2.03. The highest BCUT2D eigenvalue weighted by Crippen LogP contribution is 2.70. The van der Waals surface area contributed by atoms with Crippen molar-refractivity contribution in [1.82, 2.24) is 0 Å². The fourth-order valence-electron chi connectivity index (χ4n) is 3.69. The van der Waals surface area contributed by atoms with E-state index in [2.05, 4.69) is 9.47 Å². The molecular weight excluding hydrogens is 363 g/mol. The van der Waals surface area contributed by atoms with E-state index >= 15 is 4.39 Å². The fourth-order valence-corrected chi connectivity index (χ4v) is 3.69.